The Morgan fingerprint density at radius 3 is 1.05 bits per heavy atom. The molecule has 0 amide bonds. The molecule has 0 spiro atoms. The number of benzene rings is 11. The zero-order valence-electron chi connectivity index (χ0n) is 42.9. The maximum atomic E-state index is 2.55. The molecule has 11 aromatic rings. The molecule has 0 saturated carbocycles. The van der Waals surface area contributed by atoms with Gasteiger partial charge in [0.1, 0.15) is 0 Å². The van der Waals surface area contributed by atoms with Crippen LogP contribution in [0.3, 0.4) is 0 Å². The average Bonchev–Trinajstić information content (AvgIpc) is 3.70. The largest absolute Gasteiger partial charge is 0.310 e. The number of allylic oxidation sites excluding steroid dienone is 4. The van der Waals surface area contributed by atoms with Crippen molar-refractivity contribution in [3.8, 4) is 11.1 Å². The second kappa shape index (κ2) is 18.9. The van der Waals surface area contributed by atoms with E-state index >= 15 is 0 Å². The summed E-state index contributed by atoms with van der Waals surface area (Å²) < 4.78 is 0. The van der Waals surface area contributed by atoms with E-state index in [0.29, 0.717) is 0 Å². The number of hydrogen-bond donors (Lipinski definition) is 0. The third kappa shape index (κ3) is 7.34. The van der Waals surface area contributed by atoms with Gasteiger partial charge in [0.25, 0.3) is 0 Å². The number of nitrogens with zero attached hydrogens (tertiary/aromatic N) is 3. The van der Waals surface area contributed by atoms with Crippen molar-refractivity contribution in [1.82, 2.24) is 0 Å². The predicted octanol–water partition coefficient (Wildman–Crippen LogP) is 19.3. The SMILES string of the molecule is CC1C=CC2=C1C1(c3cccc(N(c4ccccc4)c4ccccc4)c3)c3ccccc3C2(c2cccc(N(c3ccccc3)c3ccccc3)c2)c2cc(-c3cccc(N(c4ccccc4)c4ccccc4)c3)ccc21. The highest BCUT2D eigenvalue weighted by atomic mass is 15.2. The summed E-state index contributed by atoms with van der Waals surface area (Å²) in [5, 5.41) is 0. The number of para-hydroxylation sites is 6. The fourth-order valence-electron chi connectivity index (χ4n) is 13.2. The Morgan fingerprint density at radius 2 is 0.610 bits per heavy atom. The molecule has 2 bridgehead atoms. The van der Waals surface area contributed by atoms with Crippen LogP contribution in [0.5, 0.6) is 0 Å². The topological polar surface area (TPSA) is 9.72 Å². The Labute approximate surface area is 452 Å². The van der Waals surface area contributed by atoms with E-state index in [4.69, 9.17) is 0 Å². The molecular weight excluding hydrogens is 931 g/mol. The summed E-state index contributed by atoms with van der Waals surface area (Å²) in [6, 6.07) is 109. The molecule has 11 aromatic carbocycles. The van der Waals surface area contributed by atoms with E-state index in [1.165, 1.54) is 50.1 Å². The maximum Gasteiger partial charge on any atom is 0.0709 e. The molecule has 0 heterocycles. The molecule has 3 atom stereocenters. The smallest absolute Gasteiger partial charge is 0.0709 e. The van der Waals surface area contributed by atoms with Crippen LogP contribution in [0, 0.1) is 5.92 Å². The lowest BCUT2D eigenvalue weighted by Gasteiger charge is -2.58. The Kier molecular flexibility index (Phi) is 11.3. The van der Waals surface area contributed by atoms with Crippen LogP contribution >= 0.6 is 0 Å². The van der Waals surface area contributed by atoms with Gasteiger partial charge in [-0.3, -0.25) is 0 Å². The Balaban J connectivity index is 1.04. The highest BCUT2D eigenvalue weighted by Crippen LogP contribution is 2.69. The first kappa shape index (κ1) is 45.9. The summed E-state index contributed by atoms with van der Waals surface area (Å²) in [5.74, 6) is 0.153. The predicted molar refractivity (Wildman–Crippen MR) is 320 cm³/mol. The van der Waals surface area contributed by atoms with Gasteiger partial charge in [0.15, 0.2) is 0 Å². The number of hydrogen-bond acceptors (Lipinski definition) is 3. The van der Waals surface area contributed by atoms with Gasteiger partial charge in [-0.1, -0.05) is 201 Å². The minimum Gasteiger partial charge on any atom is -0.310 e. The summed E-state index contributed by atoms with van der Waals surface area (Å²) in [7, 11) is 0. The van der Waals surface area contributed by atoms with E-state index in [-0.39, 0.29) is 5.92 Å². The molecular formula is C74H55N3. The fraction of sp³-hybridized carbons (Fsp3) is 0.0541. The van der Waals surface area contributed by atoms with Gasteiger partial charge >= 0.3 is 0 Å². The molecule has 3 unspecified atom stereocenters. The van der Waals surface area contributed by atoms with Crippen LogP contribution in [0.15, 0.2) is 321 Å². The van der Waals surface area contributed by atoms with Crippen LogP contribution in [0.25, 0.3) is 11.1 Å². The lowest BCUT2D eigenvalue weighted by molar-refractivity contribution is 0.523. The van der Waals surface area contributed by atoms with Crippen LogP contribution in [-0.2, 0) is 10.8 Å². The van der Waals surface area contributed by atoms with E-state index in [1.54, 1.807) is 0 Å². The molecule has 3 nitrogen and oxygen atoms in total. The van der Waals surface area contributed by atoms with Crippen LogP contribution in [-0.4, -0.2) is 0 Å². The Hall–Kier alpha value is -9.70. The quantitative estimate of drug-likeness (QED) is 0.121. The maximum absolute atomic E-state index is 2.55. The van der Waals surface area contributed by atoms with Crippen LogP contribution in [0.1, 0.15) is 40.3 Å². The molecule has 0 radical (unpaired) electrons. The molecule has 4 aliphatic rings. The first-order valence-corrected chi connectivity index (χ1v) is 26.8. The van der Waals surface area contributed by atoms with Crippen molar-refractivity contribution in [2.45, 2.75) is 17.8 Å². The molecule has 0 aliphatic heterocycles. The third-order valence-electron chi connectivity index (χ3n) is 16.3. The number of anilines is 9. The van der Waals surface area contributed by atoms with Crippen LogP contribution in [0.2, 0.25) is 0 Å². The molecule has 4 aliphatic carbocycles. The van der Waals surface area contributed by atoms with Crippen LogP contribution in [0.4, 0.5) is 51.2 Å². The minimum absolute atomic E-state index is 0.153. The zero-order chi connectivity index (χ0) is 51.3. The third-order valence-corrected chi connectivity index (χ3v) is 16.3. The highest BCUT2D eigenvalue weighted by molar-refractivity contribution is 5.89. The molecule has 15 rings (SSSR count). The van der Waals surface area contributed by atoms with Crippen molar-refractivity contribution in [3.63, 3.8) is 0 Å². The first-order valence-electron chi connectivity index (χ1n) is 26.8. The molecule has 0 fully saturated rings. The number of rotatable bonds is 12. The second-order valence-corrected chi connectivity index (χ2v) is 20.5. The zero-order valence-corrected chi connectivity index (χ0v) is 42.9. The average molecular weight is 986 g/mol. The van der Waals surface area contributed by atoms with E-state index in [0.717, 1.165) is 56.7 Å². The van der Waals surface area contributed by atoms with E-state index in [9.17, 15) is 0 Å². The summed E-state index contributed by atoms with van der Waals surface area (Å²) in [4.78, 5) is 7.15. The van der Waals surface area contributed by atoms with Crippen LogP contribution < -0.4 is 14.7 Å². The van der Waals surface area contributed by atoms with Crippen molar-refractivity contribution in [2.75, 3.05) is 14.7 Å². The monoisotopic (exact) mass is 985 g/mol. The molecule has 0 aromatic heterocycles. The minimum atomic E-state index is -0.676. The van der Waals surface area contributed by atoms with Crippen molar-refractivity contribution < 1.29 is 0 Å². The molecule has 366 valence electrons. The van der Waals surface area contributed by atoms with Crippen molar-refractivity contribution >= 4 is 51.2 Å². The Morgan fingerprint density at radius 1 is 0.273 bits per heavy atom. The first-order chi connectivity index (χ1) is 38.1. The standard InChI is InChI=1S/C74H55N3/c1-53-45-47-70-72(53)74(57-27-24-42-66(52-57)77(62-36-16-6-17-37-62)63-38-18-7-19-39-63)68-44-21-20-43-67(68)73(70,56-26-23-41-65(51-56)76(60-32-12-4-13-33-60)61-34-14-5-15-35-61)71-50-55(46-48-69(71)74)54-25-22-40-64(49-54)75(58-28-8-2-9-29-58)59-30-10-3-11-31-59/h2-53H,1H3. The lowest BCUT2D eigenvalue weighted by atomic mass is 9.44. The lowest BCUT2D eigenvalue weighted by Crippen LogP contribution is -2.52. The molecule has 0 saturated heterocycles. The van der Waals surface area contributed by atoms with Gasteiger partial charge in [0, 0.05) is 51.2 Å². The van der Waals surface area contributed by atoms with E-state index in [1.807, 2.05) is 0 Å². The van der Waals surface area contributed by atoms with E-state index in [2.05, 4.69) is 331 Å². The van der Waals surface area contributed by atoms with Gasteiger partial charge in [0.05, 0.1) is 10.8 Å². The van der Waals surface area contributed by atoms with E-state index < -0.39 is 10.8 Å². The Bertz CT molecular complexity index is 3890. The van der Waals surface area contributed by atoms with Gasteiger partial charge < -0.3 is 14.7 Å². The fourth-order valence-corrected chi connectivity index (χ4v) is 13.2. The summed E-state index contributed by atoms with van der Waals surface area (Å²) in [6.07, 6.45) is 4.95. The summed E-state index contributed by atoms with van der Waals surface area (Å²) >= 11 is 0. The van der Waals surface area contributed by atoms with Gasteiger partial charge in [-0.25, -0.2) is 0 Å². The molecule has 3 heteroatoms. The molecule has 77 heavy (non-hydrogen) atoms. The van der Waals surface area contributed by atoms with Gasteiger partial charge in [0.2, 0.25) is 0 Å². The van der Waals surface area contributed by atoms with Gasteiger partial charge in [-0.15, -0.1) is 0 Å². The summed E-state index contributed by atoms with van der Waals surface area (Å²) in [5.41, 5.74) is 21.5. The second-order valence-electron chi connectivity index (χ2n) is 20.5. The van der Waals surface area contributed by atoms with Crippen molar-refractivity contribution in [1.29, 1.82) is 0 Å². The van der Waals surface area contributed by atoms with Crippen molar-refractivity contribution in [3.05, 3.63) is 354 Å². The highest BCUT2D eigenvalue weighted by Gasteiger charge is 2.62. The normalized spacial score (nSPS) is 17.5. The summed E-state index contributed by atoms with van der Waals surface area (Å²) in [6.45, 7) is 2.41. The van der Waals surface area contributed by atoms with Gasteiger partial charge in [-0.2, -0.15) is 0 Å². The van der Waals surface area contributed by atoms with Crippen molar-refractivity contribution in [2.24, 2.45) is 5.92 Å². The molecule has 0 N–H and O–H groups in total. The van der Waals surface area contributed by atoms with Gasteiger partial charge in [-0.05, 0) is 177 Å².